The van der Waals surface area contributed by atoms with Gasteiger partial charge in [0.2, 0.25) is 0 Å². The van der Waals surface area contributed by atoms with Crippen molar-refractivity contribution in [3.05, 3.63) is 29.1 Å². The zero-order valence-electron chi connectivity index (χ0n) is 15.9. The highest BCUT2D eigenvalue weighted by Gasteiger charge is 2.05. The maximum Gasteiger partial charge on any atom is 0.195 e. The summed E-state index contributed by atoms with van der Waals surface area (Å²) in [4.78, 5) is 4.52. The third-order valence-corrected chi connectivity index (χ3v) is 5.12. The minimum atomic E-state index is 0.716. The molecule has 1 aromatic heterocycles. The summed E-state index contributed by atoms with van der Waals surface area (Å²) in [5, 5.41) is 0.716. The molecule has 1 heterocycles. The van der Waals surface area contributed by atoms with E-state index in [1.165, 1.54) is 77.0 Å². The molecule has 0 aliphatic heterocycles. The minimum absolute atomic E-state index is 0.716. The van der Waals surface area contributed by atoms with E-state index in [2.05, 4.69) is 11.9 Å². The van der Waals surface area contributed by atoms with E-state index in [1.807, 2.05) is 18.2 Å². The summed E-state index contributed by atoms with van der Waals surface area (Å²) in [5.41, 5.74) is 1.71. The molecule has 0 radical (unpaired) electrons. The summed E-state index contributed by atoms with van der Waals surface area (Å²) in [6, 6.07) is 5.62. The van der Waals surface area contributed by atoms with E-state index < -0.39 is 0 Å². The van der Waals surface area contributed by atoms with E-state index in [0.29, 0.717) is 5.02 Å². The molecule has 0 bridgehead atoms. The molecular weight excluding hydrogens is 330 g/mol. The van der Waals surface area contributed by atoms with E-state index >= 15 is 0 Å². The first-order chi connectivity index (χ1) is 12.3. The second kappa shape index (κ2) is 12.4. The fourth-order valence-electron chi connectivity index (χ4n) is 3.35. The van der Waals surface area contributed by atoms with Crippen LogP contribution in [0.2, 0.25) is 5.02 Å². The lowest BCUT2D eigenvalue weighted by molar-refractivity contribution is 0.500. The van der Waals surface area contributed by atoms with Crippen LogP contribution in [-0.4, -0.2) is 4.98 Å². The van der Waals surface area contributed by atoms with Crippen molar-refractivity contribution in [2.75, 3.05) is 0 Å². The molecule has 3 heteroatoms. The molecule has 2 rings (SSSR count). The monoisotopic (exact) mass is 363 g/mol. The lowest BCUT2D eigenvalue weighted by Crippen LogP contribution is -1.86. The van der Waals surface area contributed by atoms with E-state index in [-0.39, 0.29) is 0 Å². The first kappa shape index (κ1) is 20.3. The van der Waals surface area contributed by atoms with Gasteiger partial charge in [-0.15, -0.1) is 0 Å². The van der Waals surface area contributed by atoms with E-state index in [4.69, 9.17) is 16.0 Å². The number of hydrogen-bond acceptors (Lipinski definition) is 2. The minimum Gasteiger partial charge on any atom is -0.441 e. The molecule has 0 unspecified atom stereocenters. The van der Waals surface area contributed by atoms with Crippen LogP contribution < -0.4 is 0 Å². The molecule has 2 aromatic rings. The van der Waals surface area contributed by atoms with Crippen LogP contribution in [-0.2, 0) is 6.42 Å². The van der Waals surface area contributed by atoms with Crippen molar-refractivity contribution < 1.29 is 4.42 Å². The van der Waals surface area contributed by atoms with Crippen LogP contribution in [0.1, 0.15) is 96.3 Å². The number of benzene rings is 1. The third-order valence-electron chi connectivity index (χ3n) is 4.89. The molecule has 0 fully saturated rings. The van der Waals surface area contributed by atoms with Crippen molar-refractivity contribution in [3.8, 4) is 0 Å². The summed E-state index contributed by atoms with van der Waals surface area (Å²) in [6.07, 6.45) is 18.8. The average molecular weight is 364 g/mol. The van der Waals surface area contributed by atoms with Crippen LogP contribution in [0.25, 0.3) is 11.1 Å². The number of aromatic nitrogens is 1. The van der Waals surface area contributed by atoms with Gasteiger partial charge in [-0.05, 0) is 24.6 Å². The van der Waals surface area contributed by atoms with E-state index in [9.17, 15) is 0 Å². The van der Waals surface area contributed by atoms with Gasteiger partial charge >= 0.3 is 0 Å². The third kappa shape index (κ3) is 8.27. The van der Waals surface area contributed by atoms with Crippen molar-refractivity contribution in [3.63, 3.8) is 0 Å². The summed E-state index contributed by atoms with van der Waals surface area (Å²) in [6.45, 7) is 2.28. The molecular formula is C22H34ClNO. The molecule has 0 aliphatic rings. The molecule has 2 nitrogen and oxygen atoms in total. The maximum atomic E-state index is 5.98. The highest BCUT2D eigenvalue weighted by molar-refractivity contribution is 6.31. The number of fused-ring (bicyclic) bond motifs is 1. The summed E-state index contributed by atoms with van der Waals surface area (Å²) < 4.78 is 5.76. The molecule has 0 atom stereocenters. The Morgan fingerprint density at radius 3 is 1.96 bits per heavy atom. The molecule has 25 heavy (non-hydrogen) atoms. The number of nitrogens with zero attached hydrogens (tertiary/aromatic N) is 1. The largest absolute Gasteiger partial charge is 0.441 e. The number of halogens is 1. The Labute approximate surface area is 158 Å². The molecule has 0 saturated carbocycles. The molecule has 0 saturated heterocycles. The van der Waals surface area contributed by atoms with E-state index in [0.717, 1.165) is 29.8 Å². The van der Waals surface area contributed by atoms with Gasteiger partial charge in [0.1, 0.15) is 5.52 Å². The number of oxazole rings is 1. The van der Waals surface area contributed by atoms with Gasteiger partial charge in [0, 0.05) is 11.4 Å². The van der Waals surface area contributed by atoms with Crippen LogP contribution >= 0.6 is 11.6 Å². The average Bonchev–Trinajstić information content (AvgIpc) is 3.01. The predicted octanol–water partition coefficient (Wildman–Crippen LogP) is 8.11. The fraction of sp³-hybridized carbons (Fsp3) is 0.682. The van der Waals surface area contributed by atoms with Gasteiger partial charge in [0.25, 0.3) is 0 Å². The smallest absolute Gasteiger partial charge is 0.195 e. The van der Waals surface area contributed by atoms with Crippen LogP contribution in [0.5, 0.6) is 0 Å². The molecule has 0 spiro atoms. The van der Waals surface area contributed by atoms with Gasteiger partial charge in [0.05, 0.1) is 0 Å². The Hall–Kier alpha value is -1.02. The van der Waals surface area contributed by atoms with Gasteiger partial charge in [0.15, 0.2) is 11.5 Å². The van der Waals surface area contributed by atoms with Crippen LogP contribution in [0.3, 0.4) is 0 Å². The van der Waals surface area contributed by atoms with Gasteiger partial charge < -0.3 is 4.42 Å². The topological polar surface area (TPSA) is 26.0 Å². The molecule has 0 amide bonds. The van der Waals surface area contributed by atoms with Crippen molar-refractivity contribution in [2.45, 2.75) is 96.8 Å². The number of rotatable bonds is 14. The van der Waals surface area contributed by atoms with Crippen molar-refractivity contribution in [1.29, 1.82) is 0 Å². The first-order valence-electron chi connectivity index (χ1n) is 10.3. The second-order valence-electron chi connectivity index (χ2n) is 7.21. The van der Waals surface area contributed by atoms with E-state index in [1.54, 1.807) is 0 Å². The van der Waals surface area contributed by atoms with Crippen molar-refractivity contribution in [2.24, 2.45) is 0 Å². The Kier molecular flexibility index (Phi) is 10.0. The molecule has 1 aromatic carbocycles. The normalized spacial score (nSPS) is 11.4. The molecule has 140 valence electrons. The first-order valence-corrected chi connectivity index (χ1v) is 10.7. The number of hydrogen-bond donors (Lipinski definition) is 0. The molecule has 0 N–H and O–H groups in total. The lowest BCUT2D eigenvalue weighted by Gasteiger charge is -2.02. The van der Waals surface area contributed by atoms with Gasteiger partial charge in [-0.25, -0.2) is 4.98 Å². The number of aryl methyl sites for hydroxylation is 1. The highest BCUT2D eigenvalue weighted by atomic mass is 35.5. The Morgan fingerprint density at radius 2 is 1.36 bits per heavy atom. The Bertz CT molecular complexity index is 593. The van der Waals surface area contributed by atoms with Crippen LogP contribution in [0.15, 0.2) is 22.6 Å². The van der Waals surface area contributed by atoms with Crippen molar-refractivity contribution in [1.82, 2.24) is 4.98 Å². The highest BCUT2D eigenvalue weighted by Crippen LogP contribution is 2.21. The zero-order valence-corrected chi connectivity index (χ0v) is 16.6. The predicted molar refractivity (Wildman–Crippen MR) is 108 cm³/mol. The molecule has 0 aliphatic carbocycles. The SMILES string of the molecule is CCCCCCCCCCCCCCCc1nc2cc(Cl)ccc2o1. The number of unbranched alkanes of at least 4 members (excludes halogenated alkanes) is 12. The second-order valence-corrected chi connectivity index (χ2v) is 7.65. The standard InChI is InChI=1S/C22H34ClNO/c1-2-3-4-5-6-7-8-9-10-11-12-13-14-15-22-24-20-18-19(23)16-17-21(20)25-22/h16-18H,2-15H2,1H3. The van der Waals surface area contributed by atoms with Gasteiger partial charge in [-0.3, -0.25) is 0 Å². The quantitative estimate of drug-likeness (QED) is 0.317. The Morgan fingerprint density at radius 1 is 0.800 bits per heavy atom. The lowest BCUT2D eigenvalue weighted by atomic mass is 10.0. The zero-order chi connectivity index (χ0) is 17.7. The summed E-state index contributed by atoms with van der Waals surface area (Å²) >= 11 is 5.98. The Balaban J connectivity index is 1.43. The fourth-order valence-corrected chi connectivity index (χ4v) is 3.52. The van der Waals surface area contributed by atoms with Gasteiger partial charge in [-0.2, -0.15) is 0 Å². The summed E-state index contributed by atoms with van der Waals surface area (Å²) in [7, 11) is 0. The summed E-state index contributed by atoms with van der Waals surface area (Å²) in [5.74, 6) is 0.848. The van der Waals surface area contributed by atoms with Crippen LogP contribution in [0.4, 0.5) is 0 Å². The van der Waals surface area contributed by atoms with Crippen LogP contribution in [0, 0.1) is 0 Å². The van der Waals surface area contributed by atoms with Crippen molar-refractivity contribution >= 4 is 22.7 Å². The maximum absolute atomic E-state index is 5.98. The van der Waals surface area contributed by atoms with Gasteiger partial charge in [-0.1, -0.05) is 95.6 Å².